The maximum absolute atomic E-state index is 13.6. The number of aliphatic hydroxyl groups excluding tert-OH is 1. The van der Waals surface area contributed by atoms with Crippen LogP contribution in [0.3, 0.4) is 0 Å². The highest BCUT2D eigenvalue weighted by Crippen LogP contribution is 2.42. The van der Waals surface area contributed by atoms with Crippen LogP contribution in [0.15, 0.2) is 96.6 Å². The first kappa shape index (κ1) is 20.9. The first-order chi connectivity index (χ1) is 15.9. The number of rotatable bonds is 3. The van der Waals surface area contributed by atoms with E-state index in [0.717, 1.165) is 10.8 Å². The average Bonchev–Trinajstić information content (AvgIpc) is 3.09. The molecule has 4 nitrogen and oxygen atoms in total. The van der Waals surface area contributed by atoms with Crippen LogP contribution >= 0.6 is 11.6 Å². The highest BCUT2D eigenvalue weighted by molar-refractivity contribution is 6.51. The van der Waals surface area contributed by atoms with Gasteiger partial charge in [0.1, 0.15) is 11.6 Å². The molecule has 0 aromatic heterocycles. The second kappa shape index (κ2) is 8.19. The predicted octanol–water partition coefficient (Wildman–Crippen LogP) is 6.26. The van der Waals surface area contributed by atoms with Crippen LogP contribution in [-0.2, 0) is 9.59 Å². The van der Waals surface area contributed by atoms with Gasteiger partial charge >= 0.3 is 0 Å². The summed E-state index contributed by atoms with van der Waals surface area (Å²) in [5.74, 6) is -2.37. The number of halogens is 2. The molecule has 1 heterocycles. The molecule has 1 N–H and O–H groups in total. The van der Waals surface area contributed by atoms with E-state index in [2.05, 4.69) is 0 Å². The Labute approximate surface area is 194 Å². The van der Waals surface area contributed by atoms with Crippen molar-refractivity contribution in [2.45, 2.75) is 6.04 Å². The quantitative estimate of drug-likeness (QED) is 0.224. The Hall–Kier alpha value is -3.96. The number of anilines is 1. The lowest BCUT2D eigenvalue weighted by Crippen LogP contribution is -2.29. The molecule has 1 amide bonds. The number of nitrogens with zero attached hydrogens (tertiary/aromatic N) is 1. The van der Waals surface area contributed by atoms with Crippen LogP contribution < -0.4 is 4.90 Å². The normalized spacial score (nSPS) is 17.6. The molecule has 0 bridgehead atoms. The molecule has 4 aromatic carbocycles. The van der Waals surface area contributed by atoms with Crippen LogP contribution in [0.2, 0.25) is 5.02 Å². The van der Waals surface area contributed by atoms with E-state index in [1.807, 2.05) is 30.3 Å². The van der Waals surface area contributed by atoms with Crippen molar-refractivity contribution in [1.82, 2.24) is 0 Å². The summed E-state index contributed by atoms with van der Waals surface area (Å²) in [7, 11) is 0. The summed E-state index contributed by atoms with van der Waals surface area (Å²) in [5.41, 5.74) is 1.22. The molecule has 1 atom stereocenters. The van der Waals surface area contributed by atoms with Gasteiger partial charge in [0.05, 0.1) is 11.6 Å². The van der Waals surface area contributed by atoms with Crippen LogP contribution in [0.25, 0.3) is 16.5 Å². The third-order valence-electron chi connectivity index (χ3n) is 5.74. The highest BCUT2D eigenvalue weighted by Gasteiger charge is 2.47. The summed E-state index contributed by atoms with van der Waals surface area (Å²) >= 11 is 6.14. The zero-order valence-corrected chi connectivity index (χ0v) is 18.0. The molecule has 1 aliphatic heterocycles. The Morgan fingerprint density at radius 2 is 1.58 bits per heavy atom. The van der Waals surface area contributed by atoms with E-state index in [9.17, 15) is 19.1 Å². The van der Waals surface area contributed by atoms with E-state index in [0.29, 0.717) is 21.8 Å². The lowest BCUT2D eigenvalue weighted by atomic mass is 9.94. The molecule has 0 saturated carbocycles. The summed E-state index contributed by atoms with van der Waals surface area (Å²) in [6.45, 7) is 0. The zero-order chi connectivity index (χ0) is 23.1. The summed E-state index contributed by atoms with van der Waals surface area (Å²) in [6, 6.07) is 24.0. The maximum Gasteiger partial charge on any atom is 0.300 e. The van der Waals surface area contributed by atoms with Crippen molar-refractivity contribution in [2.75, 3.05) is 4.90 Å². The van der Waals surface area contributed by atoms with Crippen LogP contribution in [-0.4, -0.2) is 16.8 Å². The number of hydrogen-bond acceptors (Lipinski definition) is 3. The van der Waals surface area contributed by atoms with Gasteiger partial charge in [-0.05, 0) is 52.7 Å². The lowest BCUT2D eigenvalue weighted by molar-refractivity contribution is -0.132. The van der Waals surface area contributed by atoms with Crippen molar-refractivity contribution in [3.8, 4) is 0 Å². The maximum atomic E-state index is 13.6. The number of benzene rings is 4. The third-order valence-corrected chi connectivity index (χ3v) is 5.97. The minimum absolute atomic E-state index is 0.0677. The number of fused-ring (bicyclic) bond motifs is 1. The van der Waals surface area contributed by atoms with Crippen LogP contribution in [0.1, 0.15) is 17.2 Å². The molecule has 0 radical (unpaired) electrons. The Kier molecular flexibility index (Phi) is 5.19. The molecule has 1 saturated heterocycles. The molecule has 5 rings (SSSR count). The molecule has 0 aliphatic carbocycles. The topological polar surface area (TPSA) is 57.6 Å². The van der Waals surface area contributed by atoms with Gasteiger partial charge in [0.2, 0.25) is 0 Å². The number of carbonyl (C=O) groups excluding carboxylic acids is 2. The number of aliphatic hydroxyl groups is 1. The third kappa shape index (κ3) is 3.66. The van der Waals surface area contributed by atoms with E-state index in [-0.39, 0.29) is 11.3 Å². The Bertz CT molecular complexity index is 1450. The number of Topliss-reactive ketones (excluding diaryl/α,β-unsaturated/α-hetero) is 1. The molecule has 162 valence electrons. The summed E-state index contributed by atoms with van der Waals surface area (Å²) in [5, 5.41) is 13.5. The van der Waals surface area contributed by atoms with E-state index in [1.54, 1.807) is 36.4 Å². The number of carbonyl (C=O) groups is 2. The second-order valence-corrected chi connectivity index (χ2v) is 8.20. The SMILES string of the molecule is O=C1C(=O)N(c2cccc(Cl)c2)C(c2ccc(F)cc2)/C1=C(/O)c1ccc2ccccc2c1. The monoisotopic (exact) mass is 457 g/mol. The van der Waals surface area contributed by atoms with Crippen LogP contribution in [0.5, 0.6) is 0 Å². The zero-order valence-electron chi connectivity index (χ0n) is 17.2. The molecule has 0 spiro atoms. The molecule has 1 unspecified atom stereocenters. The second-order valence-electron chi connectivity index (χ2n) is 7.76. The van der Waals surface area contributed by atoms with Gasteiger partial charge < -0.3 is 5.11 Å². The molecule has 6 heteroatoms. The standard InChI is InChI=1S/C27H17ClFNO3/c28-20-6-3-7-22(15-20)30-24(17-10-12-21(29)13-11-17)23(26(32)27(30)33)25(31)19-9-8-16-4-1-2-5-18(16)14-19/h1-15,24,31H/b25-23-. The van der Waals surface area contributed by atoms with E-state index in [1.165, 1.54) is 29.2 Å². The molecular weight excluding hydrogens is 441 g/mol. The molecular formula is C27H17ClFNO3. The van der Waals surface area contributed by atoms with Gasteiger partial charge in [-0.15, -0.1) is 0 Å². The summed E-state index contributed by atoms with van der Waals surface area (Å²) in [4.78, 5) is 27.6. The van der Waals surface area contributed by atoms with Crippen molar-refractivity contribution < 1.29 is 19.1 Å². The minimum Gasteiger partial charge on any atom is -0.507 e. The molecule has 1 aliphatic rings. The van der Waals surface area contributed by atoms with E-state index >= 15 is 0 Å². The van der Waals surface area contributed by atoms with Gasteiger partial charge in [-0.2, -0.15) is 0 Å². The van der Waals surface area contributed by atoms with Gasteiger partial charge in [-0.25, -0.2) is 4.39 Å². The first-order valence-electron chi connectivity index (χ1n) is 10.3. The minimum atomic E-state index is -0.949. The fraction of sp³-hybridized carbons (Fsp3) is 0.0370. The van der Waals surface area contributed by atoms with Crippen LogP contribution in [0.4, 0.5) is 10.1 Å². The average molecular weight is 458 g/mol. The fourth-order valence-electron chi connectivity index (χ4n) is 4.18. The molecule has 4 aromatic rings. The van der Waals surface area contributed by atoms with E-state index < -0.39 is 23.5 Å². The largest absolute Gasteiger partial charge is 0.507 e. The Morgan fingerprint density at radius 1 is 0.848 bits per heavy atom. The van der Waals surface area contributed by atoms with Gasteiger partial charge in [0.15, 0.2) is 0 Å². The predicted molar refractivity (Wildman–Crippen MR) is 127 cm³/mol. The molecule has 33 heavy (non-hydrogen) atoms. The summed E-state index contributed by atoms with van der Waals surface area (Å²) in [6.07, 6.45) is 0. The molecule has 1 fully saturated rings. The van der Waals surface area contributed by atoms with Crippen molar-refractivity contribution in [2.24, 2.45) is 0 Å². The van der Waals surface area contributed by atoms with Crippen molar-refractivity contribution in [3.05, 3.63) is 119 Å². The Morgan fingerprint density at radius 3 is 2.30 bits per heavy atom. The first-order valence-corrected chi connectivity index (χ1v) is 10.6. The highest BCUT2D eigenvalue weighted by atomic mass is 35.5. The number of ketones is 1. The summed E-state index contributed by atoms with van der Waals surface area (Å²) < 4.78 is 13.6. The van der Waals surface area contributed by atoms with Crippen molar-refractivity contribution >= 4 is 45.5 Å². The van der Waals surface area contributed by atoms with Crippen molar-refractivity contribution in [1.29, 1.82) is 0 Å². The number of amides is 1. The number of hydrogen-bond donors (Lipinski definition) is 1. The van der Waals surface area contributed by atoms with Gasteiger partial charge in [0.25, 0.3) is 11.7 Å². The van der Waals surface area contributed by atoms with Gasteiger partial charge in [-0.3, -0.25) is 14.5 Å². The lowest BCUT2D eigenvalue weighted by Gasteiger charge is -2.25. The fourth-order valence-corrected chi connectivity index (χ4v) is 4.36. The van der Waals surface area contributed by atoms with Gasteiger partial charge in [-0.1, -0.05) is 66.2 Å². The van der Waals surface area contributed by atoms with E-state index in [4.69, 9.17) is 11.6 Å². The smallest absolute Gasteiger partial charge is 0.300 e. The van der Waals surface area contributed by atoms with Crippen LogP contribution in [0, 0.1) is 5.82 Å². The van der Waals surface area contributed by atoms with Crippen molar-refractivity contribution in [3.63, 3.8) is 0 Å². The Balaban J connectivity index is 1.73. The van der Waals surface area contributed by atoms with Gasteiger partial charge in [0, 0.05) is 16.3 Å².